The molecule has 0 radical (unpaired) electrons. The van der Waals surface area contributed by atoms with Crippen LogP contribution in [0.2, 0.25) is 0 Å². The predicted octanol–water partition coefficient (Wildman–Crippen LogP) is 4.61. The number of H-pyrrole nitrogens is 1. The molecule has 5 N–H and O–H groups in total. The Kier molecular flexibility index (Phi) is 19.1. The molecule has 5 atom stereocenters. The average molecular weight is 663 g/mol. The minimum absolute atomic E-state index is 0.261. The van der Waals surface area contributed by atoms with E-state index in [4.69, 9.17) is 14.0 Å². The molecule has 2 heterocycles. The maximum Gasteiger partial charge on any atom is 0.469 e. The number of carbonyl (C=O) groups is 1. The number of esters is 1. The Morgan fingerprint density at radius 1 is 0.889 bits per heavy atom. The minimum Gasteiger partial charge on any atom is -0.463 e. The molecule has 0 bridgehead atoms. The topological polar surface area (TPSA) is 198 Å². The maximum atomic E-state index is 12.5. The van der Waals surface area contributed by atoms with Crippen molar-refractivity contribution in [1.82, 2.24) is 9.55 Å². The van der Waals surface area contributed by atoms with E-state index in [9.17, 15) is 38.9 Å². The number of nitrogens with one attached hydrogen (secondary N) is 1. The summed E-state index contributed by atoms with van der Waals surface area (Å²) in [6.45, 7) is 1.77. The zero-order chi connectivity index (χ0) is 33.1. The first-order chi connectivity index (χ1) is 21.5. The van der Waals surface area contributed by atoms with Crippen LogP contribution in [0.25, 0.3) is 0 Å². The highest BCUT2D eigenvalue weighted by molar-refractivity contribution is 7.46. The first kappa shape index (κ1) is 39.3. The minimum atomic E-state index is -4.84. The number of phosphoric acid groups is 1. The first-order valence-electron chi connectivity index (χ1n) is 16.7. The summed E-state index contributed by atoms with van der Waals surface area (Å²) in [6, 6.07) is 1.05. The smallest absolute Gasteiger partial charge is 0.463 e. The van der Waals surface area contributed by atoms with Crippen LogP contribution < -0.4 is 11.2 Å². The second kappa shape index (κ2) is 21.8. The number of carbonyl (C=O) groups excluding carboxylic acids is 1. The van der Waals surface area contributed by atoms with Gasteiger partial charge in [0.2, 0.25) is 0 Å². The van der Waals surface area contributed by atoms with Crippen molar-refractivity contribution in [3.8, 4) is 0 Å². The highest BCUT2D eigenvalue weighted by Crippen LogP contribution is 2.39. The largest absolute Gasteiger partial charge is 0.469 e. The van der Waals surface area contributed by atoms with Gasteiger partial charge in [-0.25, -0.2) is 9.36 Å². The van der Waals surface area contributed by atoms with E-state index in [1.165, 1.54) is 77.0 Å². The highest BCUT2D eigenvalue weighted by Gasteiger charge is 2.44. The number of unbranched alkanes of at least 4 members (excludes halogenated alkanes) is 16. The van der Waals surface area contributed by atoms with Crippen molar-refractivity contribution in [2.45, 2.75) is 160 Å². The van der Waals surface area contributed by atoms with E-state index in [2.05, 4.69) is 6.92 Å². The predicted molar refractivity (Wildman–Crippen MR) is 169 cm³/mol. The Labute approximate surface area is 265 Å². The lowest BCUT2D eigenvalue weighted by Gasteiger charge is -2.19. The van der Waals surface area contributed by atoms with Gasteiger partial charge in [0.1, 0.15) is 24.9 Å². The molecule has 1 aromatic heterocycles. The SMILES string of the molecule is CCCCCCCCCCCCCCCCCCCC(CC(=O)OC[C@H]1O[C@@H](n2ccc(=O)[nH]c2=O)[C@H](O)[C@@H]1O)OP(=O)(O)O. The normalized spacial score (nSPS) is 20.8. The van der Waals surface area contributed by atoms with Crippen LogP contribution >= 0.6 is 7.82 Å². The van der Waals surface area contributed by atoms with Crippen molar-refractivity contribution in [3.63, 3.8) is 0 Å². The molecule has 0 spiro atoms. The number of rotatable bonds is 25. The quantitative estimate of drug-likeness (QED) is 0.0557. The monoisotopic (exact) mass is 662 g/mol. The van der Waals surface area contributed by atoms with Crippen molar-refractivity contribution in [1.29, 1.82) is 0 Å². The van der Waals surface area contributed by atoms with Crippen molar-refractivity contribution >= 4 is 13.8 Å². The molecule has 2 rings (SSSR count). The third kappa shape index (κ3) is 16.5. The number of ether oxygens (including phenoxy) is 2. The molecule has 1 aromatic rings. The second-order valence-electron chi connectivity index (χ2n) is 12.1. The first-order valence-corrected chi connectivity index (χ1v) is 18.3. The molecule has 0 saturated carbocycles. The number of aliphatic hydroxyl groups excluding tert-OH is 2. The van der Waals surface area contributed by atoms with E-state index < -0.39 is 68.7 Å². The molecular weight excluding hydrogens is 607 g/mol. The summed E-state index contributed by atoms with van der Waals surface area (Å²) in [4.78, 5) is 56.4. The highest BCUT2D eigenvalue weighted by atomic mass is 31.2. The fraction of sp³-hybridized carbons (Fsp3) is 0.839. The third-order valence-electron chi connectivity index (χ3n) is 8.18. The van der Waals surface area contributed by atoms with Crippen LogP contribution in [0, 0.1) is 0 Å². The van der Waals surface area contributed by atoms with E-state index in [0.29, 0.717) is 6.42 Å². The van der Waals surface area contributed by atoms with E-state index in [1.807, 2.05) is 4.98 Å². The van der Waals surface area contributed by atoms with Gasteiger partial charge in [0.05, 0.1) is 12.5 Å². The van der Waals surface area contributed by atoms with Crippen molar-refractivity contribution in [3.05, 3.63) is 33.1 Å². The molecule has 260 valence electrons. The van der Waals surface area contributed by atoms with E-state index in [1.54, 1.807) is 0 Å². The molecule has 1 aliphatic rings. The molecule has 45 heavy (non-hydrogen) atoms. The zero-order valence-corrected chi connectivity index (χ0v) is 27.6. The summed E-state index contributed by atoms with van der Waals surface area (Å²) < 4.78 is 27.8. The molecule has 0 aliphatic carbocycles. The van der Waals surface area contributed by atoms with E-state index in [0.717, 1.165) is 42.5 Å². The number of hydrogen-bond donors (Lipinski definition) is 5. The summed E-state index contributed by atoms with van der Waals surface area (Å²) in [7, 11) is -4.84. The number of aliphatic hydroxyl groups is 2. The van der Waals surface area contributed by atoms with Gasteiger partial charge in [-0.15, -0.1) is 0 Å². The summed E-state index contributed by atoms with van der Waals surface area (Å²) >= 11 is 0. The summed E-state index contributed by atoms with van der Waals surface area (Å²) in [5.74, 6) is -0.824. The number of hydrogen-bond acceptors (Lipinski definition) is 9. The van der Waals surface area contributed by atoms with Crippen LogP contribution in [-0.4, -0.2) is 66.5 Å². The molecular formula is C31H55N2O11P. The van der Waals surface area contributed by atoms with Crippen LogP contribution in [-0.2, 0) is 23.4 Å². The fourth-order valence-corrected chi connectivity index (χ4v) is 6.20. The molecule has 1 fully saturated rings. The van der Waals surface area contributed by atoms with Gasteiger partial charge in [-0.2, -0.15) is 0 Å². The molecule has 1 aliphatic heterocycles. The van der Waals surface area contributed by atoms with Crippen LogP contribution in [0.15, 0.2) is 21.9 Å². The molecule has 14 heteroatoms. The Bertz CT molecular complexity index is 1120. The van der Waals surface area contributed by atoms with Gasteiger partial charge in [-0.1, -0.05) is 116 Å². The molecule has 1 saturated heterocycles. The Hall–Kier alpha value is -1.86. The van der Waals surface area contributed by atoms with E-state index >= 15 is 0 Å². The van der Waals surface area contributed by atoms with Gasteiger partial charge in [-0.3, -0.25) is 23.7 Å². The number of phosphoric ester groups is 1. The van der Waals surface area contributed by atoms with Crippen molar-refractivity contribution in [2.75, 3.05) is 6.61 Å². The van der Waals surface area contributed by atoms with Gasteiger partial charge in [-0.05, 0) is 6.42 Å². The Balaban J connectivity index is 1.60. The van der Waals surface area contributed by atoms with Gasteiger partial charge in [0.25, 0.3) is 5.56 Å². The van der Waals surface area contributed by atoms with Crippen molar-refractivity contribution < 1.29 is 43.4 Å². The molecule has 1 unspecified atom stereocenters. The average Bonchev–Trinajstić information content (AvgIpc) is 3.25. The number of nitrogens with zero attached hydrogens (tertiary/aromatic N) is 1. The maximum absolute atomic E-state index is 12.5. The summed E-state index contributed by atoms with van der Waals surface area (Å²) in [6.07, 6.45) is 15.0. The van der Waals surface area contributed by atoms with Gasteiger partial charge in [0.15, 0.2) is 6.23 Å². The van der Waals surface area contributed by atoms with Gasteiger partial charge in [0, 0.05) is 12.3 Å². The Morgan fingerprint density at radius 3 is 1.89 bits per heavy atom. The fourth-order valence-electron chi connectivity index (χ4n) is 5.63. The van der Waals surface area contributed by atoms with Crippen LogP contribution in [0.5, 0.6) is 0 Å². The Morgan fingerprint density at radius 2 is 1.40 bits per heavy atom. The molecule has 13 nitrogen and oxygen atoms in total. The van der Waals surface area contributed by atoms with Crippen LogP contribution in [0.3, 0.4) is 0 Å². The van der Waals surface area contributed by atoms with E-state index in [-0.39, 0.29) is 6.42 Å². The lowest BCUT2D eigenvalue weighted by Crippen LogP contribution is -2.37. The summed E-state index contributed by atoms with van der Waals surface area (Å²) in [5, 5.41) is 20.6. The second-order valence-corrected chi connectivity index (χ2v) is 13.3. The summed E-state index contributed by atoms with van der Waals surface area (Å²) in [5.41, 5.74) is -1.49. The van der Waals surface area contributed by atoms with Crippen molar-refractivity contribution in [2.24, 2.45) is 0 Å². The zero-order valence-electron chi connectivity index (χ0n) is 26.7. The lowest BCUT2D eigenvalue weighted by molar-refractivity contribution is -0.152. The molecule has 0 aromatic carbocycles. The van der Waals surface area contributed by atoms with Gasteiger partial charge >= 0.3 is 19.5 Å². The number of aromatic nitrogens is 2. The van der Waals surface area contributed by atoms with Gasteiger partial charge < -0.3 is 29.5 Å². The van der Waals surface area contributed by atoms with Crippen LogP contribution in [0.4, 0.5) is 0 Å². The molecule has 0 amide bonds. The third-order valence-corrected chi connectivity index (χ3v) is 8.75. The lowest BCUT2D eigenvalue weighted by atomic mass is 10.0. The standard InChI is InChI=1S/C31H55N2O11P/c1-2-3-4-5-6-7-8-9-10-11-12-13-14-15-16-17-18-19-24(44-45(39,40)41)22-27(35)42-23-25-28(36)29(37)30(43-25)33-21-20-26(34)32-31(33)38/h20-21,24-25,28-30,36-37H,2-19,22-23H2,1H3,(H,32,34,38)(H2,39,40,41)/t24?,25-,28-,29-,30-/m1/s1. The van der Waals surface area contributed by atoms with Crippen LogP contribution in [0.1, 0.15) is 135 Å². The number of aromatic amines is 1.